The third-order valence-electron chi connectivity index (χ3n) is 3.23. The molecule has 2 aromatic heterocycles. The third-order valence-corrected chi connectivity index (χ3v) is 3.23. The van der Waals surface area contributed by atoms with E-state index in [9.17, 15) is 0 Å². The molecule has 3 heterocycles. The summed E-state index contributed by atoms with van der Waals surface area (Å²) in [4.78, 5) is 15.3. The Kier molecular flexibility index (Phi) is 2.71. The van der Waals surface area contributed by atoms with Crippen molar-refractivity contribution in [3.8, 4) is 0 Å². The minimum atomic E-state index is 0.368. The minimum Gasteiger partial charge on any atom is -0.382 e. The van der Waals surface area contributed by atoms with Crippen LogP contribution in [0, 0.1) is 0 Å². The van der Waals surface area contributed by atoms with Crippen molar-refractivity contribution < 1.29 is 0 Å². The first-order chi connectivity index (χ1) is 8.75. The fourth-order valence-corrected chi connectivity index (χ4v) is 2.24. The maximum absolute atomic E-state index is 5.95. The van der Waals surface area contributed by atoms with Gasteiger partial charge in [-0.3, -0.25) is 4.98 Å². The van der Waals surface area contributed by atoms with Gasteiger partial charge in [-0.05, 0) is 19.1 Å². The standard InChI is InChI=1S/C12H16N6/c1-8-7-14-5-6-18(8)12-16-9-3-2-4-15-10(9)11(13)17-12/h2-4,8,14H,5-7H2,1H3,(H2,13,16,17)/t8-/m0/s1. The zero-order chi connectivity index (χ0) is 12.5. The Hall–Kier alpha value is -1.95. The summed E-state index contributed by atoms with van der Waals surface area (Å²) >= 11 is 0. The SMILES string of the molecule is C[C@H]1CNCCN1c1nc(N)c2ncccc2n1. The smallest absolute Gasteiger partial charge is 0.228 e. The quantitative estimate of drug-likeness (QED) is 0.756. The van der Waals surface area contributed by atoms with E-state index in [4.69, 9.17) is 5.73 Å². The predicted octanol–water partition coefficient (Wildman–Crippen LogP) is 0.405. The first-order valence-corrected chi connectivity index (χ1v) is 6.11. The molecule has 0 aromatic carbocycles. The third kappa shape index (κ3) is 1.84. The molecule has 6 nitrogen and oxygen atoms in total. The van der Waals surface area contributed by atoms with E-state index in [0.717, 1.165) is 25.2 Å². The molecular weight excluding hydrogens is 228 g/mol. The number of hydrogen-bond acceptors (Lipinski definition) is 6. The highest BCUT2D eigenvalue weighted by molar-refractivity contribution is 5.84. The fraction of sp³-hybridized carbons (Fsp3) is 0.417. The Labute approximate surface area is 105 Å². The summed E-state index contributed by atoms with van der Waals surface area (Å²) in [5, 5.41) is 3.35. The largest absolute Gasteiger partial charge is 0.382 e. The van der Waals surface area contributed by atoms with E-state index in [1.54, 1.807) is 6.20 Å². The zero-order valence-electron chi connectivity index (χ0n) is 10.3. The molecule has 18 heavy (non-hydrogen) atoms. The Balaban J connectivity index is 2.06. The van der Waals surface area contributed by atoms with E-state index in [2.05, 4.69) is 32.1 Å². The molecule has 0 bridgehead atoms. The average molecular weight is 244 g/mol. The molecule has 1 saturated heterocycles. The van der Waals surface area contributed by atoms with Crippen molar-refractivity contribution in [2.45, 2.75) is 13.0 Å². The molecule has 6 heteroatoms. The summed E-state index contributed by atoms with van der Waals surface area (Å²) < 4.78 is 0. The fourth-order valence-electron chi connectivity index (χ4n) is 2.24. The topological polar surface area (TPSA) is 80.0 Å². The number of nitrogens with one attached hydrogen (secondary N) is 1. The molecule has 1 aliphatic heterocycles. The highest BCUT2D eigenvalue weighted by atomic mass is 15.3. The second-order valence-electron chi connectivity index (χ2n) is 4.53. The molecule has 0 saturated carbocycles. The van der Waals surface area contributed by atoms with E-state index in [1.165, 1.54) is 0 Å². The molecule has 94 valence electrons. The van der Waals surface area contributed by atoms with Crippen LogP contribution in [0.2, 0.25) is 0 Å². The average Bonchev–Trinajstić information content (AvgIpc) is 2.39. The van der Waals surface area contributed by atoms with Crippen molar-refractivity contribution in [2.75, 3.05) is 30.3 Å². The van der Waals surface area contributed by atoms with Gasteiger partial charge in [0.25, 0.3) is 0 Å². The van der Waals surface area contributed by atoms with E-state index in [-0.39, 0.29) is 0 Å². The number of nitrogens with two attached hydrogens (primary N) is 1. The lowest BCUT2D eigenvalue weighted by molar-refractivity contribution is 0.493. The molecule has 0 unspecified atom stereocenters. The molecule has 0 radical (unpaired) electrons. The van der Waals surface area contributed by atoms with Crippen molar-refractivity contribution in [2.24, 2.45) is 0 Å². The van der Waals surface area contributed by atoms with Gasteiger partial charge >= 0.3 is 0 Å². The summed E-state index contributed by atoms with van der Waals surface area (Å²) in [6.07, 6.45) is 1.70. The molecule has 3 rings (SSSR count). The van der Waals surface area contributed by atoms with Crippen molar-refractivity contribution in [1.29, 1.82) is 0 Å². The Bertz CT molecular complexity index is 569. The molecule has 0 aliphatic carbocycles. The lowest BCUT2D eigenvalue weighted by Crippen LogP contribution is -2.50. The first kappa shape index (κ1) is 11.2. The lowest BCUT2D eigenvalue weighted by atomic mass is 10.2. The van der Waals surface area contributed by atoms with Crippen molar-refractivity contribution in [3.05, 3.63) is 18.3 Å². The van der Waals surface area contributed by atoms with Crippen molar-refractivity contribution in [3.63, 3.8) is 0 Å². The summed E-state index contributed by atoms with van der Waals surface area (Å²) in [6.45, 7) is 4.93. The van der Waals surface area contributed by atoms with Gasteiger partial charge in [0.15, 0.2) is 5.82 Å². The van der Waals surface area contributed by atoms with Crippen molar-refractivity contribution in [1.82, 2.24) is 20.3 Å². The Morgan fingerprint density at radius 2 is 2.33 bits per heavy atom. The van der Waals surface area contributed by atoms with Crippen LogP contribution in [0.15, 0.2) is 18.3 Å². The second-order valence-corrected chi connectivity index (χ2v) is 4.53. The Morgan fingerprint density at radius 1 is 1.44 bits per heavy atom. The number of nitrogens with zero attached hydrogens (tertiary/aromatic N) is 4. The maximum atomic E-state index is 5.95. The summed E-state index contributed by atoms with van der Waals surface area (Å²) in [5.41, 5.74) is 7.42. The van der Waals surface area contributed by atoms with E-state index in [1.807, 2.05) is 12.1 Å². The number of aromatic nitrogens is 3. The van der Waals surface area contributed by atoms with Crippen molar-refractivity contribution >= 4 is 22.8 Å². The van der Waals surface area contributed by atoms with Crippen LogP contribution in [0.5, 0.6) is 0 Å². The molecule has 0 spiro atoms. The van der Waals surface area contributed by atoms with Gasteiger partial charge in [-0.25, -0.2) is 4.98 Å². The second kappa shape index (κ2) is 4.38. The molecular formula is C12H16N6. The van der Waals surface area contributed by atoms with Gasteiger partial charge in [-0.1, -0.05) is 0 Å². The Morgan fingerprint density at radius 3 is 3.17 bits per heavy atom. The number of pyridine rings is 1. The normalized spacial score (nSPS) is 20.3. The number of rotatable bonds is 1. The number of nitrogen functional groups attached to an aromatic ring is 1. The van der Waals surface area contributed by atoms with Gasteiger partial charge in [-0.2, -0.15) is 4.98 Å². The van der Waals surface area contributed by atoms with Gasteiger partial charge in [0, 0.05) is 31.9 Å². The van der Waals surface area contributed by atoms with Gasteiger partial charge in [0.2, 0.25) is 5.95 Å². The van der Waals surface area contributed by atoms with Crippen LogP contribution in [0.1, 0.15) is 6.92 Å². The van der Waals surface area contributed by atoms with E-state index in [0.29, 0.717) is 23.3 Å². The van der Waals surface area contributed by atoms with Crippen LogP contribution < -0.4 is 16.0 Å². The van der Waals surface area contributed by atoms with Crippen LogP contribution in [0.3, 0.4) is 0 Å². The number of hydrogen-bond donors (Lipinski definition) is 2. The van der Waals surface area contributed by atoms with Gasteiger partial charge < -0.3 is 16.0 Å². The van der Waals surface area contributed by atoms with Gasteiger partial charge in [-0.15, -0.1) is 0 Å². The monoisotopic (exact) mass is 244 g/mol. The molecule has 0 amide bonds. The highest BCUT2D eigenvalue weighted by Crippen LogP contribution is 2.20. The van der Waals surface area contributed by atoms with Crippen LogP contribution in [0.4, 0.5) is 11.8 Å². The van der Waals surface area contributed by atoms with Crippen LogP contribution >= 0.6 is 0 Å². The van der Waals surface area contributed by atoms with Crippen LogP contribution in [-0.4, -0.2) is 40.6 Å². The maximum Gasteiger partial charge on any atom is 0.228 e. The number of anilines is 2. The minimum absolute atomic E-state index is 0.368. The number of fused-ring (bicyclic) bond motifs is 1. The lowest BCUT2D eigenvalue weighted by Gasteiger charge is -2.34. The van der Waals surface area contributed by atoms with Gasteiger partial charge in [0.1, 0.15) is 5.52 Å². The molecule has 1 aliphatic rings. The summed E-state index contributed by atoms with van der Waals surface area (Å²) in [7, 11) is 0. The van der Waals surface area contributed by atoms with E-state index < -0.39 is 0 Å². The zero-order valence-corrected chi connectivity index (χ0v) is 10.3. The predicted molar refractivity (Wildman–Crippen MR) is 71.4 cm³/mol. The summed E-state index contributed by atoms with van der Waals surface area (Å²) in [5.74, 6) is 1.14. The first-order valence-electron chi connectivity index (χ1n) is 6.11. The molecule has 3 N–H and O–H groups in total. The highest BCUT2D eigenvalue weighted by Gasteiger charge is 2.21. The molecule has 1 atom stereocenters. The molecule has 1 fully saturated rings. The van der Waals surface area contributed by atoms with Crippen LogP contribution in [0.25, 0.3) is 11.0 Å². The number of piperazine rings is 1. The van der Waals surface area contributed by atoms with Crippen LogP contribution in [-0.2, 0) is 0 Å². The van der Waals surface area contributed by atoms with Gasteiger partial charge in [0.05, 0.1) is 5.52 Å². The van der Waals surface area contributed by atoms with E-state index >= 15 is 0 Å². The molecule has 2 aromatic rings. The summed E-state index contributed by atoms with van der Waals surface area (Å²) in [6, 6.07) is 4.14.